The summed E-state index contributed by atoms with van der Waals surface area (Å²) in [5.74, 6) is 0. The van der Waals surface area contributed by atoms with Crippen LogP contribution in [0, 0.1) is 0 Å². The molecule has 0 aromatic heterocycles. The van der Waals surface area contributed by atoms with E-state index >= 15 is 0 Å². The first-order chi connectivity index (χ1) is 3.41. The topological polar surface area (TPSA) is 24.7 Å². The quantitative estimate of drug-likeness (QED) is 0.365. The molecule has 0 aliphatic carbocycles. The second-order valence-corrected chi connectivity index (χ2v) is 1.11. The molecule has 0 unspecified atom stereocenters. The predicted molar refractivity (Wildman–Crippen MR) is 33.2 cm³/mol. The van der Waals surface area contributed by atoms with Gasteiger partial charge in [-0.1, -0.05) is 6.92 Å². The number of aliphatic imine (C=N–C) groups is 2. The maximum atomic E-state index is 3.79. The Morgan fingerprint density at radius 2 is 2.29 bits per heavy atom. The summed E-state index contributed by atoms with van der Waals surface area (Å²) in [6.07, 6.45) is 4.32. The molecule has 7 heavy (non-hydrogen) atoms. The van der Waals surface area contributed by atoms with Crippen LogP contribution in [0.1, 0.15) is 13.3 Å². The van der Waals surface area contributed by atoms with Crippen molar-refractivity contribution in [3.05, 3.63) is 0 Å². The average molecular weight is 98.1 g/mol. The van der Waals surface area contributed by atoms with Crippen molar-refractivity contribution in [1.82, 2.24) is 0 Å². The van der Waals surface area contributed by atoms with Crippen molar-refractivity contribution in [2.45, 2.75) is 13.3 Å². The van der Waals surface area contributed by atoms with Gasteiger partial charge in [-0.3, -0.25) is 4.99 Å². The van der Waals surface area contributed by atoms with Gasteiger partial charge in [0.15, 0.2) is 0 Å². The van der Waals surface area contributed by atoms with E-state index in [9.17, 15) is 0 Å². The molecule has 0 N–H and O–H groups in total. The fourth-order valence-corrected chi connectivity index (χ4v) is 0.219. The smallest absolute Gasteiger partial charge is 0.109 e. The van der Waals surface area contributed by atoms with E-state index in [4.69, 9.17) is 0 Å². The van der Waals surface area contributed by atoms with Gasteiger partial charge in [0.1, 0.15) is 6.34 Å². The van der Waals surface area contributed by atoms with Crippen LogP contribution in [0.4, 0.5) is 0 Å². The van der Waals surface area contributed by atoms with Gasteiger partial charge in [-0.25, -0.2) is 4.99 Å². The van der Waals surface area contributed by atoms with Crippen molar-refractivity contribution in [1.29, 1.82) is 0 Å². The summed E-state index contributed by atoms with van der Waals surface area (Å²) < 4.78 is 0. The van der Waals surface area contributed by atoms with E-state index in [2.05, 4.69) is 9.98 Å². The molecule has 0 amide bonds. The van der Waals surface area contributed by atoms with Crippen molar-refractivity contribution in [2.75, 3.05) is 7.05 Å². The highest BCUT2D eigenvalue weighted by Crippen LogP contribution is 1.64. The lowest BCUT2D eigenvalue weighted by molar-refractivity contribution is 1.32. The number of rotatable bonds is 2. The molecule has 0 saturated carbocycles. The molecule has 0 aromatic rings. The zero-order chi connectivity index (χ0) is 5.54. The fraction of sp³-hybridized carbons (Fsp3) is 0.600. The molecule has 0 aromatic carbocycles. The first kappa shape index (κ1) is 6.34. The fourth-order valence-electron chi connectivity index (χ4n) is 0.219. The first-order valence-corrected chi connectivity index (χ1v) is 2.34. The van der Waals surface area contributed by atoms with Crippen molar-refractivity contribution in [3.63, 3.8) is 0 Å². The summed E-state index contributed by atoms with van der Waals surface area (Å²) >= 11 is 0. The lowest BCUT2D eigenvalue weighted by Crippen LogP contribution is -1.67. The van der Waals surface area contributed by atoms with Crippen molar-refractivity contribution < 1.29 is 0 Å². The van der Waals surface area contributed by atoms with Crippen molar-refractivity contribution >= 4 is 12.6 Å². The van der Waals surface area contributed by atoms with E-state index in [1.54, 1.807) is 7.05 Å². The van der Waals surface area contributed by atoms with Gasteiger partial charge in [0.25, 0.3) is 0 Å². The Bertz CT molecular complexity index is 74.1. The SMILES string of the molecule is CC/C=N\C=N/C. The molecule has 2 nitrogen and oxygen atoms in total. The molecule has 2 heteroatoms. The summed E-state index contributed by atoms with van der Waals surface area (Å²) in [5, 5.41) is 0. The molecule has 0 spiro atoms. The zero-order valence-electron chi connectivity index (χ0n) is 4.76. The lowest BCUT2D eigenvalue weighted by atomic mass is 10.5. The normalized spacial score (nSPS) is 11.7. The van der Waals surface area contributed by atoms with Crippen molar-refractivity contribution in [3.8, 4) is 0 Å². The molecule has 0 rings (SSSR count). The minimum absolute atomic E-state index is 0.978. The van der Waals surface area contributed by atoms with Gasteiger partial charge in [-0.05, 0) is 6.42 Å². The Balaban J connectivity index is 3.09. The molecule has 0 bridgehead atoms. The molecular weight excluding hydrogens is 88.1 g/mol. The average Bonchev–Trinajstić information content (AvgIpc) is 1.69. The minimum Gasteiger partial charge on any atom is -0.277 e. The molecule has 40 valence electrons. The van der Waals surface area contributed by atoms with Gasteiger partial charge in [0.05, 0.1) is 0 Å². The monoisotopic (exact) mass is 98.1 g/mol. The summed E-state index contributed by atoms with van der Waals surface area (Å²) in [4.78, 5) is 7.44. The summed E-state index contributed by atoms with van der Waals surface area (Å²) in [6, 6.07) is 0. The molecule has 0 aliphatic heterocycles. The van der Waals surface area contributed by atoms with Crippen LogP contribution in [0.15, 0.2) is 9.98 Å². The van der Waals surface area contributed by atoms with Gasteiger partial charge in [-0.2, -0.15) is 0 Å². The highest BCUT2D eigenvalue weighted by atomic mass is 14.8. The maximum absolute atomic E-state index is 3.79. The van der Waals surface area contributed by atoms with Gasteiger partial charge < -0.3 is 0 Å². The van der Waals surface area contributed by atoms with E-state index in [0.717, 1.165) is 6.42 Å². The Hall–Kier alpha value is -0.660. The van der Waals surface area contributed by atoms with E-state index in [1.807, 2.05) is 13.1 Å². The maximum Gasteiger partial charge on any atom is 0.109 e. The molecule has 0 heterocycles. The van der Waals surface area contributed by atoms with Crippen LogP contribution in [-0.4, -0.2) is 19.6 Å². The van der Waals surface area contributed by atoms with Crippen LogP contribution in [-0.2, 0) is 0 Å². The van der Waals surface area contributed by atoms with E-state index in [1.165, 1.54) is 6.34 Å². The third-order valence-electron chi connectivity index (χ3n) is 0.470. The van der Waals surface area contributed by atoms with Crippen LogP contribution < -0.4 is 0 Å². The van der Waals surface area contributed by atoms with Gasteiger partial charge in [0, 0.05) is 13.3 Å². The Morgan fingerprint density at radius 1 is 1.57 bits per heavy atom. The minimum atomic E-state index is 0.978. The van der Waals surface area contributed by atoms with Crippen LogP contribution in [0.25, 0.3) is 0 Å². The third-order valence-corrected chi connectivity index (χ3v) is 0.470. The standard InChI is InChI=1S/C5H10N2/c1-3-4-7-5-6-2/h4-5H,3H2,1-2H3/b6-5-,7-4-. The van der Waals surface area contributed by atoms with Crippen LogP contribution in [0.3, 0.4) is 0 Å². The molecule has 0 saturated heterocycles. The summed E-state index contributed by atoms with van der Waals surface area (Å²) in [5.41, 5.74) is 0. The van der Waals surface area contributed by atoms with Gasteiger partial charge in [-0.15, -0.1) is 0 Å². The molecule has 0 aliphatic rings. The van der Waals surface area contributed by atoms with Crippen molar-refractivity contribution in [2.24, 2.45) is 9.98 Å². The first-order valence-electron chi connectivity index (χ1n) is 2.34. The van der Waals surface area contributed by atoms with E-state index in [-0.39, 0.29) is 0 Å². The van der Waals surface area contributed by atoms with Gasteiger partial charge >= 0.3 is 0 Å². The van der Waals surface area contributed by atoms with Crippen LogP contribution in [0.5, 0.6) is 0 Å². The molecule has 0 atom stereocenters. The summed E-state index contributed by atoms with van der Waals surface area (Å²) in [7, 11) is 1.70. The lowest BCUT2D eigenvalue weighted by Gasteiger charge is -1.70. The van der Waals surface area contributed by atoms with E-state index < -0.39 is 0 Å². The third kappa shape index (κ3) is 5.34. The molecule has 0 radical (unpaired) electrons. The predicted octanol–water partition coefficient (Wildman–Crippen LogP) is 1.13. The number of hydrogen-bond acceptors (Lipinski definition) is 1. The highest BCUT2D eigenvalue weighted by molar-refractivity contribution is 5.71. The number of nitrogens with zero attached hydrogens (tertiary/aromatic N) is 2. The number of hydrogen-bond donors (Lipinski definition) is 0. The Kier molecular flexibility index (Phi) is 4.84. The second-order valence-electron chi connectivity index (χ2n) is 1.11. The second kappa shape index (κ2) is 5.34. The van der Waals surface area contributed by atoms with Crippen LogP contribution in [0.2, 0.25) is 0 Å². The van der Waals surface area contributed by atoms with Gasteiger partial charge in [0.2, 0.25) is 0 Å². The zero-order valence-corrected chi connectivity index (χ0v) is 4.76. The highest BCUT2D eigenvalue weighted by Gasteiger charge is 1.58. The van der Waals surface area contributed by atoms with E-state index in [0.29, 0.717) is 0 Å². The summed E-state index contributed by atoms with van der Waals surface area (Å²) in [6.45, 7) is 2.03. The van der Waals surface area contributed by atoms with Crippen LogP contribution >= 0.6 is 0 Å². The molecular formula is C5H10N2. The Labute approximate surface area is 44.0 Å². The molecule has 0 fully saturated rings. The Morgan fingerprint density at radius 3 is 2.71 bits per heavy atom. The largest absolute Gasteiger partial charge is 0.277 e.